The zero-order chi connectivity index (χ0) is 15.2. The fourth-order valence-corrected chi connectivity index (χ4v) is 2.33. The van der Waals surface area contributed by atoms with Crippen LogP contribution in [0, 0.1) is 6.92 Å². The molecule has 1 heterocycles. The minimum absolute atomic E-state index is 0.626. The van der Waals surface area contributed by atoms with Gasteiger partial charge in [0.2, 0.25) is 0 Å². The number of pyridine rings is 1. The van der Waals surface area contributed by atoms with Crippen molar-refractivity contribution in [2.45, 2.75) is 39.8 Å². The van der Waals surface area contributed by atoms with E-state index in [-0.39, 0.29) is 0 Å². The maximum absolute atomic E-state index is 4.54. The molecule has 0 aliphatic rings. The van der Waals surface area contributed by atoms with Crippen molar-refractivity contribution in [1.82, 2.24) is 15.2 Å². The second-order valence-corrected chi connectivity index (χ2v) is 6.08. The van der Waals surface area contributed by atoms with Gasteiger partial charge in [-0.25, -0.2) is 0 Å². The molecule has 1 N–H and O–H groups in total. The van der Waals surface area contributed by atoms with E-state index in [1.165, 1.54) is 17.4 Å². The van der Waals surface area contributed by atoms with Crippen molar-refractivity contribution in [3.63, 3.8) is 0 Å². The van der Waals surface area contributed by atoms with E-state index in [1.54, 1.807) is 0 Å². The van der Waals surface area contributed by atoms with E-state index in [9.17, 15) is 0 Å². The summed E-state index contributed by atoms with van der Waals surface area (Å²) in [5.41, 5.74) is 3.48. The molecule has 0 unspecified atom stereocenters. The van der Waals surface area contributed by atoms with Gasteiger partial charge in [-0.2, -0.15) is 0 Å². The van der Waals surface area contributed by atoms with Crippen LogP contribution in [0.1, 0.15) is 31.5 Å². The minimum atomic E-state index is 0.626. The first-order valence-electron chi connectivity index (χ1n) is 7.83. The number of aromatic nitrogens is 1. The lowest BCUT2D eigenvalue weighted by Crippen LogP contribution is -2.29. The Bertz CT molecular complexity index is 578. The summed E-state index contributed by atoms with van der Waals surface area (Å²) in [5.74, 6) is 0. The standard InChI is InChI=1S/C18H27N3/c1-14(2)21(4)11-5-10-19-13-16-7-9-18-17(12-16)8-6-15(3)20-18/h6-9,12,14,19H,5,10-11,13H2,1-4H3. The zero-order valence-corrected chi connectivity index (χ0v) is 13.7. The lowest BCUT2D eigenvalue weighted by Gasteiger charge is -2.20. The third kappa shape index (κ3) is 4.80. The van der Waals surface area contributed by atoms with Gasteiger partial charge >= 0.3 is 0 Å². The zero-order valence-electron chi connectivity index (χ0n) is 13.7. The van der Waals surface area contributed by atoms with E-state index in [0.717, 1.165) is 30.8 Å². The summed E-state index contributed by atoms with van der Waals surface area (Å²) >= 11 is 0. The lowest BCUT2D eigenvalue weighted by molar-refractivity contribution is 0.269. The van der Waals surface area contributed by atoms with Gasteiger partial charge < -0.3 is 10.2 Å². The molecule has 0 aliphatic heterocycles. The predicted octanol–water partition coefficient (Wildman–Crippen LogP) is 3.36. The molecule has 3 nitrogen and oxygen atoms in total. The molecule has 0 saturated carbocycles. The summed E-state index contributed by atoms with van der Waals surface area (Å²) in [6.07, 6.45) is 1.18. The molecular weight excluding hydrogens is 258 g/mol. The van der Waals surface area contributed by atoms with E-state index in [4.69, 9.17) is 0 Å². The van der Waals surface area contributed by atoms with Crippen LogP contribution in [-0.4, -0.2) is 36.1 Å². The second-order valence-electron chi connectivity index (χ2n) is 6.08. The lowest BCUT2D eigenvalue weighted by atomic mass is 10.1. The number of nitrogens with zero attached hydrogens (tertiary/aromatic N) is 2. The molecule has 1 aromatic carbocycles. The monoisotopic (exact) mass is 285 g/mol. The summed E-state index contributed by atoms with van der Waals surface area (Å²) < 4.78 is 0. The van der Waals surface area contributed by atoms with Crippen molar-refractivity contribution in [3.05, 3.63) is 41.6 Å². The number of hydrogen-bond donors (Lipinski definition) is 1. The molecule has 0 bridgehead atoms. The number of hydrogen-bond acceptors (Lipinski definition) is 3. The Labute approximate surface area is 128 Å². The summed E-state index contributed by atoms with van der Waals surface area (Å²) in [6, 6.07) is 11.4. The molecule has 2 rings (SSSR count). The Balaban J connectivity index is 1.80. The van der Waals surface area contributed by atoms with E-state index in [1.807, 2.05) is 6.92 Å². The van der Waals surface area contributed by atoms with Crippen molar-refractivity contribution >= 4 is 10.9 Å². The maximum Gasteiger partial charge on any atom is 0.0705 e. The third-order valence-corrected chi connectivity index (χ3v) is 3.97. The minimum Gasteiger partial charge on any atom is -0.313 e. The first-order chi connectivity index (χ1) is 10.1. The topological polar surface area (TPSA) is 28.2 Å². The average Bonchev–Trinajstić information content (AvgIpc) is 2.46. The highest BCUT2D eigenvalue weighted by atomic mass is 15.1. The second kappa shape index (κ2) is 7.53. The van der Waals surface area contributed by atoms with Crippen molar-refractivity contribution in [2.75, 3.05) is 20.1 Å². The van der Waals surface area contributed by atoms with Crippen LogP contribution in [0.3, 0.4) is 0 Å². The molecule has 3 heteroatoms. The average molecular weight is 285 g/mol. The van der Waals surface area contributed by atoms with Crippen LogP contribution in [-0.2, 0) is 6.54 Å². The maximum atomic E-state index is 4.54. The van der Waals surface area contributed by atoms with Crippen LogP contribution in [0.5, 0.6) is 0 Å². The quantitative estimate of drug-likeness (QED) is 0.791. The highest BCUT2D eigenvalue weighted by Crippen LogP contribution is 2.14. The molecule has 21 heavy (non-hydrogen) atoms. The molecule has 0 amide bonds. The van der Waals surface area contributed by atoms with Crippen molar-refractivity contribution in [1.29, 1.82) is 0 Å². The van der Waals surface area contributed by atoms with E-state index in [2.05, 4.69) is 66.4 Å². The van der Waals surface area contributed by atoms with Gasteiger partial charge in [0.25, 0.3) is 0 Å². The van der Waals surface area contributed by atoms with E-state index >= 15 is 0 Å². The molecule has 0 spiro atoms. The molecule has 0 atom stereocenters. The first-order valence-corrected chi connectivity index (χ1v) is 7.83. The summed E-state index contributed by atoms with van der Waals surface area (Å²) in [4.78, 5) is 6.92. The smallest absolute Gasteiger partial charge is 0.0705 e. The molecule has 0 radical (unpaired) electrons. The van der Waals surface area contributed by atoms with E-state index in [0.29, 0.717) is 6.04 Å². The molecule has 0 aliphatic carbocycles. The van der Waals surface area contributed by atoms with Gasteiger partial charge in [-0.1, -0.05) is 12.1 Å². The molecular formula is C18H27N3. The first kappa shape index (κ1) is 15.9. The van der Waals surface area contributed by atoms with Gasteiger partial charge in [0.1, 0.15) is 0 Å². The van der Waals surface area contributed by atoms with Gasteiger partial charge in [0.15, 0.2) is 0 Å². The normalized spacial score (nSPS) is 11.7. The Morgan fingerprint density at radius 2 is 2.00 bits per heavy atom. The van der Waals surface area contributed by atoms with Crippen LogP contribution in [0.25, 0.3) is 10.9 Å². The molecule has 114 valence electrons. The fourth-order valence-electron chi connectivity index (χ4n) is 2.33. The summed E-state index contributed by atoms with van der Waals surface area (Å²) in [5, 5.41) is 4.75. The highest BCUT2D eigenvalue weighted by Gasteiger charge is 2.02. The molecule has 0 saturated heterocycles. The Morgan fingerprint density at radius 1 is 1.19 bits per heavy atom. The number of aryl methyl sites for hydroxylation is 1. The molecule has 2 aromatic rings. The van der Waals surface area contributed by atoms with Gasteiger partial charge in [0.05, 0.1) is 5.52 Å². The van der Waals surface area contributed by atoms with Gasteiger partial charge in [-0.05, 0) is 71.1 Å². The summed E-state index contributed by atoms with van der Waals surface area (Å²) in [7, 11) is 2.18. The van der Waals surface area contributed by atoms with Gasteiger partial charge in [0, 0.05) is 23.7 Å². The van der Waals surface area contributed by atoms with Crippen LogP contribution < -0.4 is 5.32 Å². The van der Waals surface area contributed by atoms with E-state index < -0.39 is 0 Å². The highest BCUT2D eigenvalue weighted by molar-refractivity contribution is 5.79. The van der Waals surface area contributed by atoms with Crippen molar-refractivity contribution in [3.8, 4) is 0 Å². The fraction of sp³-hybridized carbons (Fsp3) is 0.500. The Hall–Kier alpha value is -1.45. The number of benzene rings is 1. The van der Waals surface area contributed by atoms with Crippen LogP contribution in [0.2, 0.25) is 0 Å². The SMILES string of the molecule is Cc1ccc2cc(CNCCCN(C)C(C)C)ccc2n1. The number of fused-ring (bicyclic) bond motifs is 1. The van der Waals surface area contributed by atoms with Crippen molar-refractivity contribution in [2.24, 2.45) is 0 Å². The third-order valence-electron chi connectivity index (χ3n) is 3.97. The number of rotatable bonds is 7. The predicted molar refractivity (Wildman–Crippen MR) is 90.6 cm³/mol. The van der Waals surface area contributed by atoms with Crippen LogP contribution in [0.15, 0.2) is 30.3 Å². The van der Waals surface area contributed by atoms with Crippen molar-refractivity contribution < 1.29 is 0 Å². The molecule has 1 aromatic heterocycles. The van der Waals surface area contributed by atoms with Crippen LogP contribution in [0.4, 0.5) is 0 Å². The number of nitrogens with one attached hydrogen (secondary N) is 1. The van der Waals surface area contributed by atoms with Gasteiger partial charge in [-0.3, -0.25) is 4.98 Å². The summed E-state index contributed by atoms with van der Waals surface area (Å²) in [6.45, 7) is 9.63. The molecule has 0 fully saturated rings. The largest absolute Gasteiger partial charge is 0.313 e. The Morgan fingerprint density at radius 3 is 2.76 bits per heavy atom. The van der Waals surface area contributed by atoms with Gasteiger partial charge in [-0.15, -0.1) is 0 Å². The van der Waals surface area contributed by atoms with Crippen LogP contribution >= 0.6 is 0 Å². The Kier molecular flexibility index (Phi) is 5.71.